The third kappa shape index (κ3) is 2.50. The predicted octanol–water partition coefficient (Wildman–Crippen LogP) is 1.23. The van der Waals surface area contributed by atoms with Gasteiger partial charge in [0.15, 0.2) is 9.84 Å². The Kier molecular flexibility index (Phi) is 3.87. The first-order valence-corrected chi connectivity index (χ1v) is 10.1. The van der Waals surface area contributed by atoms with Crippen molar-refractivity contribution in [2.45, 2.75) is 37.0 Å². The molecule has 8 heteroatoms. The Hall–Kier alpha value is -2.09. The van der Waals surface area contributed by atoms with Crippen molar-refractivity contribution in [3.05, 3.63) is 29.8 Å². The maximum atomic E-state index is 12.7. The molecule has 2 aliphatic heterocycles. The quantitative estimate of drug-likeness (QED) is 0.867. The third-order valence-corrected chi connectivity index (χ3v) is 7.72. The van der Waals surface area contributed by atoms with Crippen LogP contribution >= 0.6 is 0 Å². The molecule has 0 unspecified atom stereocenters. The Bertz CT molecular complexity index is 832. The van der Waals surface area contributed by atoms with Crippen molar-refractivity contribution >= 4 is 27.5 Å². The number of hydrogen-bond donors (Lipinski definition) is 1. The van der Waals surface area contributed by atoms with Crippen LogP contribution in [0, 0.1) is 0 Å². The number of fused-ring (bicyclic) bond motifs is 1. The molecule has 0 aliphatic carbocycles. The number of carbonyl (C=O) groups excluding carboxylic acids is 2. The number of carbonyl (C=O) groups is 2. The predicted molar refractivity (Wildman–Crippen MR) is 94.9 cm³/mol. The first-order valence-electron chi connectivity index (χ1n) is 8.20. The SMILES string of the molecule is CC(C)(c1ccc(N2C[C@@]3(C(N)=O)CCCN3C2=O)cc1)S(C)(=O)=O. The van der Waals surface area contributed by atoms with Gasteiger partial charge >= 0.3 is 6.03 Å². The lowest BCUT2D eigenvalue weighted by atomic mass is 9.96. The fourth-order valence-corrected chi connectivity index (χ4v) is 4.15. The molecule has 0 bridgehead atoms. The van der Waals surface area contributed by atoms with Crippen molar-refractivity contribution < 1.29 is 18.0 Å². The lowest BCUT2D eigenvalue weighted by Gasteiger charge is -2.26. The smallest absolute Gasteiger partial charge is 0.325 e. The van der Waals surface area contributed by atoms with Gasteiger partial charge in [0.1, 0.15) is 5.54 Å². The third-order valence-electron chi connectivity index (χ3n) is 5.63. The first kappa shape index (κ1) is 17.7. The van der Waals surface area contributed by atoms with E-state index in [9.17, 15) is 18.0 Å². The molecular weight excluding hydrogens is 342 g/mol. The van der Waals surface area contributed by atoms with Crippen LogP contribution < -0.4 is 10.6 Å². The van der Waals surface area contributed by atoms with Gasteiger partial charge in [-0.2, -0.15) is 0 Å². The molecule has 25 heavy (non-hydrogen) atoms. The first-order chi connectivity index (χ1) is 11.5. The summed E-state index contributed by atoms with van der Waals surface area (Å²) >= 11 is 0. The molecule has 0 aromatic heterocycles. The molecule has 0 saturated carbocycles. The molecule has 1 aromatic rings. The van der Waals surface area contributed by atoms with Crippen LogP contribution in [0.2, 0.25) is 0 Å². The van der Waals surface area contributed by atoms with Gasteiger partial charge in [0.25, 0.3) is 0 Å². The van der Waals surface area contributed by atoms with Crippen LogP contribution in [0.4, 0.5) is 10.5 Å². The van der Waals surface area contributed by atoms with Crippen LogP contribution in [0.5, 0.6) is 0 Å². The summed E-state index contributed by atoms with van der Waals surface area (Å²) in [7, 11) is -3.28. The van der Waals surface area contributed by atoms with Gasteiger partial charge in [0.05, 0.1) is 11.3 Å². The van der Waals surface area contributed by atoms with Gasteiger partial charge < -0.3 is 10.6 Å². The van der Waals surface area contributed by atoms with E-state index in [1.807, 2.05) is 0 Å². The van der Waals surface area contributed by atoms with Crippen LogP contribution in [0.3, 0.4) is 0 Å². The van der Waals surface area contributed by atoms with Gasteiger partial charge in [0, 0.05) is 18.5 Å². The fraction of sp³-hybridized carbons (Fsp3) is 0.529. The second-order valence-corrected chi connectivity index (χ2v) is 9.91. The summed E-state index contributed by atoms with van der Waals surface area (Å²) in [4.78, 5) is 27.7. The Balaban J connectivity index is 1.92. The van der Waals surface area contributed by atoms with E-state index in [4.69, 9.17) is 5.73 Å². The zero-order valence-electron chi connectivity index (χ0n) is 14.7. The Morgan fingerprint density at radius 3 is 2.32 bits per heavy atom. The van der Waals surface area contributed by atoms with E-state index >= 15 is 0 Å². The Labute approximate surface area is 147 Å². The van der Waals surface area contributed by atoms with E-state index in [-0.39, 0.29) is 12.6 Å². The molecule has 0 spiro atoms. The fourth-order valence-electron chi connectivity index (χ4n) is 3.59. The summed E-state index contributed by atoms with van der Waals surface area (Å²) in [6.07, 6.45) is 2.55. The number of hydrogen-bond acceptors (Lipinski definition) is 4. The monoisotopic (exact) mass is 365 g/mol. The molecule has 2 N–H and O–H groups in total. The number of nitrogens with zero attached hydrogens (tertiary/aromatic N) is 2. The van der Waals surface area contributed by atoms with Gasteiger partial charge in [-0.05, 0) is 44.4 Å². The van der Waals surface area contributed by atoms with Gasteiger partial charge in [-0.3, -0.25) is 9.69 Å². The second kappa shape index (κ2) is 5.45. The average molecular weight is 365 g/mol. The Morgan fingerprint density at radius 2 is 1.84 bits per heavy atom. The number of sulfone groups is 1. The molecule has 7 nitrogen and oxygen atoms in total. The van der Waals surface area contributed by atoms with Gasteiger partial charge in [-0.1, -0.05) is 12.1 Å². The van der Waals surface area contributed by atoms with Crippen molar-refractivity contribution in [3.8, 4) is 0 Å². The second-order valence-electron chi connectivity index (χ2n) is 7.35. The highest BCUT2D eigenvalue weighted by Crippen LogP contribution is 2.39. The summed E-state index contributed by atoms with van der Waals surface area (Å²) in [6.45, 7) is 4.06. The molecule has 1 atom stereocenters. The zero-order chi connectivity index (χ0) is 18.6. The van der Waals surface area contributed by atoms with Crippen molar-refractivity contribution in [3.63, 3.8) is 0 Å². The average Bonchev–Trinajstić information content (AvgIpc) is 3.06. The maximum Gasteiger partial charge on any atom is 0.325 e. The summed E-state index contributed by atoms with van der Waals surface area (Å²) in [5.41, 5.74) is 5.93. The van der Waals surface area contributed by atoms with Gasteiger partial charge in [-0.15, -0.1) is 0 Å². The van der Waals surface area contributed by atoms with Crippen molar-refractivity contribution in [2.24, 2.45) is 5.73 Å². The van der Waals surface area contributed by atoms with Crippen molar-refractivity contribution in [1.29, 1.82) is 0 Å². The van der Waals surface area contributed by atoms with Crippen molar-refractivity contribution in [2.75, 3.05) is 24.2 Å². The molecule has 2 heterocycles. The van der Waals surface area contributed by atoms with Gasteiger partial charge in [-0.25, -0.2) is 13.2 Å². The zero-order valence-corrected chi connectivity index (χ0v) is 15.5. The molecule has 1 aromatic carbocycles. The summed E-state index contributed by atoms with van der Waals surface area (Å²) in [5, 5.41) is 0. The van der Waals surface area contributed by atoms with Crippen LogP contribution in [-0.4, -0.2) is 50.1 Å². The van der Waals surface area contributed by atoms with E-state index in [2.05, 4.69) is 0 Å². The van der Waals surface area contributed by atoms with E-state index in [0.717, 1.165) is 6.42 Å². The lowest BCUT2D eigenvalue weighted by Crippen LogP contribution is -2.52. The molecule has 3 rings (SSSR count). The molecule has 2 aliphatic rings. The molecule has 0 radical (unpaired) electrons. The summed E-state index contributed by atoms with van der Waals surface area (Å²) < 4.78 is 22.9. The minimum atomic E-state index is -3.28. The van der Waals surface area contributed by atoms with Gasteiger partial charge in [0.2, 0.25) is 5.91 Å². The van der Waals surface area contributed by atoms with E-state index in [1.54, 1.807) is 47.9 Å². The topological polar surface area (TPSA) is 101 Å². The molecular formula is C17H23N3O4S. The van der Waals surface area contributed by atoms with Crippen LogP contribution in [0.1, 0.15) is 32.3 Å². The van der Waals surface area contributed by atoms with E-state index in [1.165, 1.54) is 6.26 Å². The normalized spacial score (nSPS) is 23.9. The molecule has 2 saturated heterocycles. The minimum Gasteiger partial charge on any atom is -0.368 e. The van der Waals surface area contributed by atoms with E-state index in [0.29, 0.717) is 24.2 Å². The van der Waals surface area contributed by atoms with Crippen molar-refractivity contribution in [1.82, 2.24) is 4.90 Å². The molecule has 3 amide bonds. The lowest BCUT2D eigenvalue weighted by molar-refractivity contribution is -0.125. The number of urea groups is 1. The minimum absolute atomic E-state index is 0.230. The number of benzene rings is 1. The highest BCUT2D eigenvalue weighted by molar-refractivity contribution is 7.91. The van der Waals surface area contributed by atoms with E-state index < -0.39 is 26.0 Å². The highest BCUT2D eigenvalue weighted by atomic mass is 32.2. The largest absolute Gasteiger partial charge is 0.368 e. The standard InChI is InChI=1S/C17H23N3O4S/c1-16(2,25(3,23)24)12-5-7-13(8-6-12)19-11-17(14(18)21)9-4-10-20(17)15(19)22/h5-8H,4,9-11H2,1-3H3,(H2,18,21)/t17-/m1/s1. The molecule has 2 fully saturated rings. The number of anilines is 1. The number of amides is 3. The Morgan fingerprint density at radius 1 is 1.24 bits per heavy atom. The number of rotatable bonds is 4. The van der Waals surface area contributed by atoms with Crippen LogP contribution in [0.25, 0.3) is 0 Å². The summed E-state index contributed by atoms with van der Waals surface area (Å²) in [6, 6.07) is 6.63. The number of nitrogens with two attached hydrogens (primary N) is 1. The highest BCUT2D eigenvalue weighted by Gasteiger charge is 2.56. The summed E-state index contributed by atoms with van der Waals surface area (Å²) in [5.74, 6) is -0.476. The van der Waals surface area contributed by atoms with Crippen LogP contribution in [-0.2, 0) is 19.4 Å². The number of primary amides is 1. The van der Waals surface area contributed by atoms with Crippen LogP contribution in [0.15, 0.2) is 24.3 Å². The molecule has 136 valence electrons. The maximum absolute atomic E-state index is 12.7.